The fourth-order valence-electron chi connectivity index (χ4n) is 6.17. The summed E-state index contributed by atoms with van der Waals surface area (Å²) in [6.07, 6.45) is 73.1. The highest BCUT2D eigenvalue weighted by Crippen LogP contribution is 2.13. The van der Waals surface area contributed by atoms with E-state index in [4.69, 9.17) is 0 Å². The fraction of sp³-hybridized carbons (Fsp3) is 0.604. The van der Waals surface area contributed by atoms with E-state index in [1.54, 1.807) is 6.08 Å². The van der Waals surface area contributed by atoms with Gasteiger partial charge in [-0.25, -0.2) is 0 Å². The van der Waals surface area contributed by atoms with Crippen LogP contribution in [0.15, 0.2) is 122 Å². The lowest BCUT2D eigenvalue weighted by atomic mass is 10.0. The van der Waals surface area contributed by atoms with Crippen LogP contribution in [0, 0.1) is 0 Å². The highest BCUT2D eigenvalue weighted by molar-refractivity contribution is 5.76. The second kappa shape index (κ2) is 47.2. The number of hydrogen-bond acceptors (Lipinski definition) is 3. The second-order valence-corrected chi connectivity index (χ2v) is 15.1. The molecule has 0 aliphatic rings. The van der Waals surface area contributed by atoms with E-state index in [0.717, 1.165) is 96.3 Å². The van der Waals surface area contributed by atoms with Crippen molar-refractivity contribution in [1.29, 1.82) is 0 Å². The maximum absolute atomic E-state index is 12.4. The van der Waals surface area contributed by atoms with Crippen molar-refractivity contribution in [1.82, 2.24) is 5.32 Å². The number of aliphatic hydroxyl groups excluding tert-OH is 2. The van der Waals surface area contributed by atoms with Crippen LogP contribution < -0.4 is 5.32 Å². The summed E-state index contributed by atoms with van der Waals surface area (Å²) < 4.78 is 0. The number of hydrogen-bond donors (Lipinski definition) is 3. The third-order valence-electron chi connectivity index (χ3n) is 9.70. The lowest BCUT2D eigenvalue weighted by Gasteiger charge is -2.19. The highest BCUT2D eigenvalue weighted by atomic mass is 16.3. The average Bonchev–Trinajstić information content (AvgIpc) is 3.22. The molecule has 0 saturated carbocycles. The van der Waals surface area contributed by atoms with Gasteiger partial charge in [-0.3, -0.25) is 4.79 Å². The Morgan fingerprint density at radius 2 is 0.772 bits per heavy atom. The summed E-state index contributed by atoms with van der Waals surface area (Å²) >= 11 is 0. The minimum atomic E-state index is -0.861. The van der Waals surface area contributed by atoms with E-state index in [-0.39, 0.29) is 12.5 Å². The number of nitrogens with one attached hydrogen (secondary N) is 1. The fourth-order valence-corrected chi connectivity index (χ4v) is 6.17. The molecule has 0 bridgehead atoms. The highest BCUT2D eigenvalue weighted by Gasteiger charge is 2.17. The molecule has 0 aromatic carbocycles. The number of amides is 1. The van der Waals surface area contributed by atoms with Gasteiger partial charge in [0.2, 0.25) is 5.91 Å². The minimum absolute atomic E-state index is 0.102. The van der Waals surface area contributed by atoms with Crippen LogP contribution in [0.5, 0.6) is 0 Å². The lowest BCUT2D eigenvalue weighted by Crippen LogP contribution is -2.45. The van der Waals surface area contributed by atoms with E-state index in [1.165, 1.54) is 70.6 Å². The van der Waals surface area contributed by atoms with Crippen LogP contribution in [0.1, 0.15) is 187 Å². The van der Waals surface area contributed by atoms with E-state index in [9.17, 15) is 15.0 Å². The molecule has 57 heavy (non-hydrogen) atoms. The van der Waals surface area contributed by atoms with E-state index < -0.39 is 12.1 Å². The number of carbonyl (C=O) groups excluding carboxylic acids is 1. The summed E-state index contributed by atoms with van der Waals surface area (Å²) in [5.74, 6) is -0.102. The van der Waals surface area contributed by atoms with Crippen molar-refractivity contribution >= 4 is 5.91 Å². The number of unbranched alkanes of at least 4 members (excludes halogenated alkanes) is 15. The standard InChI is InChI=1S/C53H87NO3/c1-3-5-7-9-11-13-15-17-19-20-21-22-23-24-25-26-27-28-29-30-31-32-33-34-35-37-39-41-43-45-47-49-53(57)54-51(50-55)52(56)48-46-44-42-40-38-36-18-16-14-12-10-8-6-4-2/h5,7,11,13,17,19,21-22,24-25,27-28,30-31,33-34,37,39,46,48,51-52,55-56H,3-4,6,8-10,12,14-16,18,20,23,26,29,32,35-36,38,40-45,47,49-50H2,1-2H3,(H,54,57)/b7-5-,13-11-,19-17-,22-21-,25-24-,28-27-,31-30-,34-33-,39-37-,48-46+. The Morgan fingerprint density at radius 3 is 1.16 bits per heavy atom. The van der Waals surface area contributed by atoms with Gasteiger partial charge >= 0.3 is 0 Å². The maximum atomic E-state index is 12.4. The number of allylic oxidation sites excluding steroid dienone is 19. The molecular weight excluding hydrogens is 699 g/mol. The third kappa shape index (κ3) is 43.8. The zero-order valence-electron chi connectivity index (χ0n) is 36.8. The SMILES string of the molecule is CC/C=C\C/C=C\C/C=C\C/C=C\C/C=C\C/C=C\C/C=C\C/C=C\C/C=C\CCCCCC(=O)NC(CO)C(O)/C=C/CCCCCCCCCCCCCC. The molecule has 0 rings (SSSR count). The van der Waals surface area contributed by atoms with Crippen molar-refractivity contribution < 1.29 is 15.0 Å². The Bertz CT molecular complexity index is 1160. The van der Waals surface area contributed by atoms with Gasteiger partial charge in [-0.05, 0) is 89.9 Å². The Hall–Kier alpha value is -3.21. The predicted molar refractivity (Wildman–Crippen MR) is 252 cm³/mol. The molecule has 2 unspecified atom stereocenters. The van der Waals surface area contributed by atoms with Crippen LogP contribution in [0.25, 0.3) is 0 Å². The van der Waals surface area contributed by atoms with Crippen molar-refractivity contribution in [3.8, 4) is 0 Å². The van der Waals surface area contributed by atoms with Gasteiger partial charge in [-0.1, -0.05) is 212 Å². The minimum Gasteiger partial charge on any atom is -0.394 e. The van der Waals surface area contributed by atoms with E-state index in [0.29, 0.717) is 6.42 Å². The van der Waals surface area contributed by atoms with Crippen LogP contribution >= 0.6 is 0 Å². The van der Waals surface area contributed by atoms with Crippen LogP contribution in [0.3, 0.4) is 0 Å². The summed E-state index contributed by atoms with van der Waals surface area (Å²) in [5, 5.41) is 23.0. The van der Waals surface area contributed by atoms with Crippen LogP contribution in [-0.2, 0) is 4.79 Å². The van der Waals surface area contributed by atoms with Gasteiger partial charge in [0.05, 0.1) is 18.8 Å². The summed E-state index contributed by atoms with van der Waals surface area (Å²) in [7, 11) is 0. The Morgan fingerprint density at radius 1 is 0.439 bits per heavy atom. The molecular formula is C53H87NO3. The molecule has 322 valence electrons. The van der Waals surface area contributed by atoms with Crippen molar-refractivity contribution in [3.63, 3.8) is 0 Å². The van der Waals surface area contributed by atoms with Crippen molar-refractivity contribution in [3.05, 3.63) is 122 Å². The van der Waals surface area contributed by atoms with E-state index >= 15 is 0 Å². The van der Waals surface area contributed by atoms with Gasteiger partial charge in [-0.2, -0.15) is 0 Å². The van der Waals surface area contributed by atoms with E-state index in [2.05, 4.69) is 129 Å². The first-order valence-corrected chi connectivity index (χ1v) is 23.2. The molecule has 0 spiro atoms. The molecule has 0 heterocycles. The Labute approximate surface area is 352 Å². The first kappa shape index (κ1) is 53.8. The van der Waals surface area contributed by atoms with Crippen LogP contribution in [-0.4, -0.2) is 34.9 Å². The molecule has 3 N–H and O–H groups in total. The average molecular weight is 786 g/mol. The zero-order valence-corrected chi connectivity index (χ0v) is 36.8. The number of aliphatic hydroxyl groups is 2. The normalized spacial score (nSPS) is 14.1. The van der Waals surface area contributed by atoms with Crippen molar-refractivity contribution in [2.24, 2.45) is 0 Å². The molecule has 2 atom stereocenters. The third-order valence-corrected chi connectivity index (χ3v) is 9.70. The smallest absolute Gasteiger partial charge is 0.220 e. The zero-order chi connectivity index (χ0) is 41.4. The molecule has 0 fully saturated rings. The molecule has 0 radical (unpaired) electrons. The van der Waals surface area contributed by atoms with Gasteiger partial charge in [0.1, 0.15) is 0 Å². The van der Waals surface area contributed by atoms with Crippen molar-refractivity contribution in [2.45, 2.75) is 199 Å². The largest absolute Gasteiger partial charge is 0.394 e. The van der Waals surface area contributed by atoms with Gasteiger partial charge < -0.3 is 15.5 Å². The Balaban J connectivity index is 3.74. The molecule has 0 aromatic rings. The molecule has 0 aromatic heterocycles. The second-order valence-electron chi connectivity index (χ2n) is 15.1. The van der Waals surface area contributed by atoms with Crippen LogP contribution in [0.4, 0.5) is 0 Å². The van der Waals surface area contributed by atoms with Crippen molar-refractivity contribution in [2.75, 3.05) is 6.61 Å². The molecule has 0 saturated heterocycles. The molecule has 0 aliphatic heterocycles. The number of rotatable bonds is 40. The monoisotopic (exact) mass is 786 g/mol. The predicted octanol–water partition coefficient (Wildman–Crippen LogP) is 15.0. The summed E-state index contributed by atoms with van der Waals surface area (Å²) in [6.45, 7) is 4.16. The van der Waals surface area contributed by atoms with Crippen LogP contribution in [0.2, 0.25) is 0 Å². The van der Waals surface area contributed by atoms with Gasteiger partial charge in [0.25, 0.3) is 0 Å². The molecule has 1 amide bonds. The quantitative estimate of drug-likeness (QED) is 0.0428. The summed E-state index contributed by atoms with van der Waals surface area (Å²) in [4.78, 5) is 12.4. The molecule has 0 aliphatic carbocycles. The topological polar surface area (TPSA) is 69.6 Å². The van der Waals surface area contributed by atoms with Gasteiger partial charge in [0, 0.05) is 6.42 Å². The van der Waals surface area contributed by atoms with E-state index in [1.807, 2.05) is 6.08 Å². The van der Waals surface area contributed by atoms with Gasteiger partial charge in [0.15, 0.2) is 0 Å². The maximum Gasteiger partial charge on any atom is 0.220 e. The Kier molecular flexibility index (Phi) is 44.5. The summed E-state index contributed by atoms with van der Waals surface area (Å²) in [5.41, 5.74) is 0. The van der Waals surface area contributed by atoms with Gasteiger partial charge in [-0.15, -0.1) is 0 Å². The number of carbonyl (C=O) groups is 1. The summed E-state index contributed by atoms with van der Waals surface area (Å²) in [6, 6.07) is -0.648. The first-order chi connectivity index (χ1) is 28.2. The lowest BCUT2D eigenvalue weighted by molar-refractivity contribution is -0.123. The molecule has 4 heteroatoms. The first-order valence-electron chi connectivity index (χ1n) is 23.2. The molecule has 4 nitrogen and oxygen atoms in total.